The molecule has 1 aliphatic rings. The highest BCUT2D eigenvalue weighted by Crippen LogP contribution is 2.52. The Morgan fingerprint density at radius 3 is 1.73 bits per heavy atom. The van der Waals surface area contributed by atoms with E-state index in [0.29, 0.717) is 19.6 Å². The molecule has 2 aromatic rings. The van der Waals surface area contributed by atoms with Crippen LogP contribution in [0.25, 0.3) is 0 Å². The number of piperidine rings is 1. The van der Waals surface area contributed by atoms with E-state index in [1.165, 1.54) is 5.06 Å². The molecule has 2 aromatic carbocycles. The molecule has 0 bridgehead atoms. The van der Waals surface area contributed by atoms with Crippen LogP contribution in [0, 0.1) is 5.92 Å². The van der Waals surface area contributed by atoms with E-state index >= 15 is 0 Å². The molecule has 0 amide bonds. The maximum atomic E-state index is 13.5. The molecule has 4 nitrogen and oxygen atoms in total. The predicted octanol–water partition coefficient (Wildman–Crippen LogP) is 6.14. The van der Waals surface area contributed by atoms with Crippen molar-refractivity contribution < 1.29 is 14.7 Å². The van der Waals surface area contributed by atoms with Gasteiger partial charge in [-0.15, -0.1) is 10.3 Å². The number of nitrogens with zero attached hydrogens (tertiary/aromatic N) is 1. The lowest BCUT2D eigenvalue weighted by atomic mass is 9.67. The summed E-state index contributed by atoms with van der Waals surface area (Å²) in [6.45, 7) is 11.3. The second-order valence-corrected chi connectivity index (χ2v) is 9.11. The zero-order valence-corrected chi connectivity index (χ0v) is 19.1. The van der Waals surface area contributed by atoms with Crippen molar-refractivity contribution in [3.05, 3.63) is 71.8 Å². The Labute approximate surface area is 181 Å². The lowest BCUT2D eigenvalue weighted by Crippen LogP contribution is -2.71. The maximum absolute atomic E-state index is 13.5. The van der Waals surface area contributed by atoms with Crippen molar-refractivity contribution >= 4 is 0 Å². The van der Waals surface area contributed by atoms with Crippen molar-refractivity contribution in [2.45, 2.75) is 84.0 Å². The second-order valence-electron chi connectivity index (χ2n) is 9.11. The molecule has 30 heavy (non-hydrogen) atoms. The first-order valence-corrected chi connectivity index (χ1v) is 11.1. The van der Waals surface area contributed by atoms with Crippen molar-refractivity contribution in [2.24, 2.45) is 5.92 Å². The van der Waals surface area contributed by atoms with Gasteiger partial charge in [-0.3, -0.25) is 0 Å². The van der Waals surface area contributed by atoms with Gasteiger partial charge in [-0.25, -0.2) is 0 Å². The van der Waals surface area contributed by atoms with Gasteiger partial charge in [0.25, 0.3) is 0 Å². The van der Waals surface area contributed by atoms with Gasteiger partial charge in [0.2, 0.25) is 0 Å². The van der Waals surface area contributed by atoms with Crippen molar-refractivity contribution in [3.63, 3.8) is 0 Å². The summed E-state index contributed by atoms with van der Waals surface area (Å²) in [7, 11) is 0. The fourth-order valence-corrected chi connectivity index (χ4v) is 4.69. The van der Waals surface area contributed by atoms with E-state index in [1.807, 2.05) is 43.3 Å². The van der Waals surface area contributed by atoms with E-state index in [9.17, 15) is 5.21 Å². The molecule has 1 fully saturated rings. The van der Waals surface area contributed by atoms with Crippen LogP contribution >= 0.6 is 0 Å². The average Bonchev–Trinajstić information content (AvgIpc) is 2.80. The summed E-state index contributed by atoms with van der Waals surface area (Å²) in [6.07, 6.45) is 2.01. The van der Waals surface area contributed by atoms with Crippen molar-refractivity contribution in [2.75, 3.05) is 0 Å². The van der Waals surface area contributed by atoms with Gasteiger partial charge in [0.1, 0.15) is 0 Å². The summed E-state index contributed by atoms with van der Waals surface area (Å²) in [4.78, 5) is 0. The predicted molar refractivity (Wildman–Crippen MR) is 119 cm³/mol. The molecule has 4 heteroatoms. The third kappa shape index (κ3) is 4.33. The molecule has 0 aliphatic carbocycles. The summed E-state index contributed by atoms with van der Waals surface area (Å²) < 4.78 is 13.3. The number of hydrogen-bond donors (Lipinski definition) is 0. The number of benzene rings is 2. The van der Waals surface area contributed by atoms with Crippen LogP contribution in [0.1, 0.15) is 65.0 Å². The molecule has 163 valence electrons. The Balaban J connectivity index is 1.96. The summed E-state index contributed by atoms with van der Waals surface area (Å²) in [6, 6.07) is 20.4. The van der Waals surface area contributed by atoms with Gasteiger partial charge in [-0.1, -0.05) is 81.4 Å². The molecule has 3 rings (SSSR count). The zero-order valence-electron chi connectivity index (χ0n) is 19.1. The van der Waals surface area contributed by atoms with Gasteiger partial charge in [-0.2, -0.15) is 0 Å². The highest BCUT2D eigenvalue weighted by Gasteiger charge is 2.61. The molecule has 0 aromatic heterocycles. The number of hydroxylamine groups is 2. The summed E-state index contributed by atoms with van der Waals surface area (Å²) in [5, 5.41) is 14.8. The maximum Gasteiger partial charge on any atom is 0.175 e. The van der Waals surface area contributed by atoms with Crippen LogP contribution in [-0.2, 0) is 27.9 Å². The van der Waals surface area contributed by atoms with E-state index in [2.05, 4.69) is 52.0 Å². The number of hydrogen-bond acceptors (Lipinski definition) is 3. The zero-order chi connectivity index (χ0) is 21.8. The Bertz CT molecular complexity index is 753. The standard InChI is InChI=1S/C26H36NO3/c1-6-24(4)20-26(21(3)25(5,7-2)27(24)28,29-18-22-14-10-8-11-15-22)30-19-23-16-12-9-13-17-23/h8-17,21H,6-7,18-20H2,1-5H3. The first-order valence-electron chi connectivity index (χ1n) is 11.1. The highest BCUT2D eigenvalue weighted by molar-refractivity contribution is 5.16. The molecular formula is C26H36NO3. The quantitative estimate of drug-likeness (QED) is 0.491. The Morgan fingerprint density at radius 2 is 1.33 bits per heavy atom. The third-order valence-corrected chi connectivity index (χ3v) is 7.30. The summed E-state index contributed by atoms with van der Waals surface area (Å²) >= 11 is 0. The Kier molecular flexibility index (Phi) is 7.03. The van der Waals surface area contributed by atoms with Crippen LogP contribution in [0.4, 0.5) is 0 Å². The molecule has 1 radical (unpaired) electrons. The summed E-state index contributed by atoms with van der Waals surface area (Å²) in [5.41, 5.74) is 1.09. The smallest absolute Gasteiger partial charge is 0.175 e. The normalized spacial score (nSPS) is 29.1. The molecule has 0 spiro atoms. The molecule has 3 atom stereocenters. The van der Waals surface area contributed by atoms with Crippen LogP contribution in [0.3, 0.4) is 0 Å². The lowest BCUT2D eigenvalue weighted by molar-refractivity contribution is -0.397. The molecule has 1 saturated heterocycles. The van der Waals surface area contributed by atoms with Gasteiger partial charge in [0, 0.05) is 12.3 Å². The number of ether oxygens (including phenoxy) is 2. The molecule has 0 saturated carbocycles. The largest absolute Gasteiger partial charge is 0.345 e. The van der Waals surface area contributed by atoms with Crippen molar-refractivity contribution in [3.8, 4) is 0 Å². The first-order chi connectivity index (χ1) is 14.3. The SMILES string of the molecule is CCC1(C)CC(OCc2ccccc2)(OCc2ccccc2)C(C)C(C)(CC)N1[O]. The van der Waals surface area contributed by atoms with E-state index in [0.717, 1.165) is 24.0 Å². The minimum Gasteiger partial charge on any atom is -0.345 e. The van der Waals surface area contributed by atoms with Crippen LogP contribution < -0.4 is 0 Å². The monoisotopic (exact) mass is 410 g/mol. The molecule has 3 unspecified atom stereocenters. The Morgan fingerprint density at radius 1 is 0.867 bits per heavy atom. The molecule has 0 N–H and O–H groups in total. The number of rotatable bonds is 8. The minimum absolute atomic E-state index is 0.0976. The van der Waals surface area contributed by atoms with E-state index in [-0.39, 0.29) is 5.92 Å². The van der Waals surface area contributed by atoms with Crippen molar-refractivity contribution in [1.82, 2.24) is 5.06 Å². The van der Waals surface area contributed by atoms with Gasteiger partial charge < -0.3 is 9.47 Å². The summed E-state index contributed by atoms with van der Waals surface area (Å²) in [5.74, 6) is -0.943. The van der Waals surface area contributed by atoms with Crippen molar-refractivity contribution in [1.29, 1.82) is 0 Å². The van der Waals surface area contributed by atoms with Crippen LogP contribution in [0.15, 0.2) is 60.7 Å². The van der Waals surface area contributed by atoms with Gasteiger partial charge in [-0.05, 0) is 37.8 Å². The van der Waals surface area contributed by atoms with Gasteiger partial charge in [0.05, 0.1) is 24.3 Å². The third-order valence-electron chi connectivity index (χ3n) is 7.30. The molecule has 1 aliphatic heterocycles. The topological polar surface area (TPSA) is 41.6 Å². The fourth-order valence-electron chi connectivity index (χ4n) is 4.69. The first kappa shape index (κ1) is 23.0. The molecular weight excluding hydrogens is 374 g/mol. The fraction of sp³-hybridized carbons (Fsp3) is 0.538. The van der Waals surface area contributed by atoms with E-state index in [1.54, 1.807) is 0 Å². The van der Waals surface area contributed by atoms with Crippen LogP contribution in [0.2, 0.25) is 0 Å². The van der Waals surface area contributed by atoms with E-state index in [4.69, 9.17) is 9.47 Å². The highest BCUT2D eigenvalue weighted by atomic mass is 16.7. The average molecular weight is 411 g/mol. The van der Waals surface area contributed by atoms with Crippen LogP contribution in [-0.4, -0.2) is 21.9 Å². The van der Waals surface area contributed by atoms with Gasteiger partial charge in [0.15, 0.2) is 5.79 Å². The minimum atomic E-state index is -0.845. The van der Waals surface area contributed by atoms with Crippen LogP contribution in [0.5, 0.6) is 0 Å². The second kappa shape index (κ2) is 9.19. The lowest BCUT2D eigenvalue weighted by Gasteiger charge is -2.60. The molecule has 1 heterocycles. The van der Waals surface area contributed by atoms with Gasteiger partial charge >= 0.3 is 0 Å². The van der Waals surface area contributed by atoms with E-state index < -0.39 is 16.9 Å². The Hall–Kier alpha value is -1.72.